The summed E-state index contributed by atoms with van der Waals surface area (Å²) in [5, 5.41) is 3.46. The van der Waals surface area contributed by atoms with Crippen molar-refractivity contribution in [1.29, 1.82) is 0 Å². The summed E-state index contributed by atoms with van der Waals surface area (Å²) in [6.07, 6.45) is 6.96. The number of nitrogens with one attached hydrogen (secondary N) is 1. The molecule has 0 amide bonds. The number of rotatable bonds is 4. The van der Waals surface area contributed by atoms with E-state index in [1.807, 2.05) is 7.05 Å². The van der Waals surface area contributed by atoms with Gasteiger partial charge in [-0.3, -0.25) is 0 Å². The molecule has 0 heterocycles. The highest BCUT2D eigenvalue weighted by Gasteiger charge is 2.31. The van der Waals surface area contributed by atoms with Crippen molar-refractivity contribution in [3.63, 3.8) is 0 Å². The molecule has 3 heteroatoms. The lowest BCUT2D eigenvalue weighted by atomic mass is 9.77. The van der Waals surface area contributed by atoms with Gasteiger partial charge in [-0.2, -0.15) is 0 Å². The molecule has 0 spiro atoms. The van der Waals surface area contributed by atoms with Crippen LogP contribution in [0.25, 0.3) is 0 Å². The zero-order chi connectivity index (χ0) is 13.0. The number of methoxy groups -OCH3 is 1. The normalized spacial score (nSPS) is 18.6. The van der Waals surface area contributed by atoms with Crippen LogP contribution in [0.4, 0.5) is 4.39 Å². The van der Waals surface area contributed by atoms with Crippen LogP contribution in [0.2, 0.25) is 0 Å². The van der Waals surface area contributed by atoms with Gasteiger partial charge < -0.3 is 10.1 Å². The van der Waals surface area contributed by atoms with Crippen LogP contribution in [0.1, 0.15) is 37.7 Å². The Kier molecular flexibility index (Phi) is 4.23. The van der Waals surface area contributed by atoms with Crippen LogP contribution in [-0.4, -0.2) is 19.7 Å². The second-order valence-corrected chi connectivity index (χ2v) is 5.22. The zero-order valence-electron chi connectivity index (χ0n) is 11.3. The van der Waals surface area contributed by atoms with Gasteiger partial charge in [0, 0.05) is 5.54 Å². The van der Waals surface area contributed by atoms with Gasteiger partial charge in [-0.05, 0) is 50.1 Å². The van der Waals surface area contributed by atoms with E-state index in [4.69, 9.17) is 4.74 Å². The van der Waals surface area contributed by atoms with Crippen LogP contribution >= 0.6 is 0 Å². The van der Waals surface area contributed by atoms with Gasteiger partial charge in [0.15, 0.2) is 0 Å². The van der Waals surface area contributed by atoms with Crippen molar-refractivity contribution in [3.05, 3.63) is 29.6 Å². The molecule has 2 nitrogen and oxygen atoms in total. The van der Waals surface area contributed by atoms with E-state index in [2.05, 4.69) is 5.32 Å². The van der Waals surface area contributed by atoms with Crippen molar-refractivity contribution in [1.82, 2.24) is 5.32 Å². The average molecular weight is 251 g/mol. The molecular formula is C15H22FNO. The van der Waals surface area contributed by atoms with E-state index in [1.165, 1.54) is 25.3 Å². The summed E-state index contributed by atoms with van der Waals surface area (Å²) < 4.78 is 18.7. The molecule has 1 saturated carbocycles. The first-order valence-corrected chi connectivity index (χ1v) is 6.70. The SMILES string of the molecule is CNC1(Cc2cc(F)ccc2OC)CCCCC1. The first kappa shape index (κ1) is 13.3. The Morgan fingerprint density at radius 1 is 1.28 bits per heavy atom. The van der Waals surface area contributed by atoms with Crippen molar-refractivity contribution >= 4 is 0 Å². The predicted molar refractivity (Wildman–Crippen MR) is 71.5 cm³/mol. The lowest BCUT2D eigenvalue weighted by molar-refractivity contribution is 0.242. The molecule has 0 saturated heterocycles. The van der Waals surface area contributed by atoms with E-state index in [0.717, 1.165) is 30.6 Å². The Balaban J connectivity index is 2.23. The fourth-order valence-electron chi connectivity index (χ4n) is 2.99. The summed E-state index contributed by atoms with van der Waals surface area (Å²) in [5.74, 6) is 0.601. The molecule has 1 aliphatic rings. The first-order valence-electron chi connectivity index (χ1n) is 6.70. The van der Waals surface area contributed by atoms with Gasteiger partial charge in [0.2, 0.25) is 0 Å². The Hall–Kier alpha value is -1.09. The maximum atomic E-state index is 13.4. The fourth-order valence-corrected chi connectivity index (χ4v) is 2.99. The molecule has 0 radical (unpaired) electrons. The standard InChI is InChI=1S/C15H22FNO/c1-17-15(8-4-3-5-9-15)11-12-10-13(16)6-7-14(12)18-2/h6-7,10,17H,3-5,8-9,11H2,1-2H3. The molecule has 18 heavy (non-hydrogen) atoms. The second-order valence-electron chi connectivity index (χ2n) is 5.22. The Morgan fingerprint density at radius 2 is 2.00 bits per heavy atom. The minimum absolute atomic E-state index is 0.110. The Morgan fingerprint density at radius 3 is 2.61 bits per heavy atom. The van der Waals surface area contributed by atoms with Crippen LogP contribution in [0.15, 0.2) is 18.2 Å². The highest BCUT2D eigenvalue weighted by atomic mass is 19.1. The van der Waals surface area contributed by atoms with E-state index in [1.54, 1.807) is 19.2 Å². The van der Waals surface area contributed by atoms with Crippen molar-refractivity contribution in [2.75, 3.05) is 14.2 Å². The van der Waals surface area contributed by atoms with Gasteiger partial charge in [-0.15, -0.1) is 0 Å². The maximum Gasteiger partial charge on any atom is 0.123 e. The third kappa shape index (κ3) is 2.83. The van der Waals surface area contributed by atoms with Crippen molar-refractivity contribution in [2.24, 2.45) is 0 Å². The molecule has 2 rings (SSSR count). The van der Waals surface area contributed by atoms with Crippen LogP contribution < -0.4 is 10.1 Å². The third-order valence-electron chi connectivity index (χ3n) is 4.11. The molecular weight excluding hydrogens is 229 g/mol. The topological polar surface area (TPSA) is 21.3 Å². The Bertz CT molecular complexity index is 399. The van der Waals surface area contributed by atoms with Gasteiger partial charge in [0.25, 0.3) is 0 Å². The summed E-state index contributed by atoms with van der Waals surface area (Å²) in [6.45, 7) is 0. The van der Waals surface area contributed by atoms with Crippen LogP contribution in [-0.2, 0) is 6.42 Å². The summed E-state index contributed by atoms with van der Waals surface area (Å²) in [5.41, 5.74) is 1.08. The number of hydrogen-bond acceptors (Lipinski definition) is 2. The van der Waals surface area contributed by atoms with E-state index in [-0.39, 0.29) is 11.4 Å². The zero-order valence-corrected chi connectivity index (χ0v) is 11.3. The quantitative estimate of drug-likeness (QED) is 0.886. The molecule has 1 N–H and O–H groups in total. The number of hydrogen-bond donors (Lipinski definition) is 1. The fraction of sp³-hybridized carbons (Fsp3) is 0.600. The van der Waals surface area contributed by atoms with E-state index < -0.39 is 0 Å². The highest BCUT2D eigenvalue weighted by Crippen LogP contribution is 2.33. The van der Waals surface area contributed by atoms with Crippen LogP contribution in [0.3, 0.4) is 0 Å². The predicted octanol–water partition coefficient (Wildman–Crippen LogP) is 3.30. The molecule has 1 aromatic rings. The molecule has 1 aromatic carbocycles. The highest BCUT2D eigenvalue weighted by molar-refractivity contribution is 5.35. The average Bonchev–Trinajstić information content (AvgIpc) is 2.40. The molecule has 0 aliphatic heterocycles. The molecule has 1 aliphatic carbocycles. The first-order chi connectivity index (χ1) is 8.69. The third-order valence-corrected chi connectivity index (χ3v) is 4.11. The smallest absolute Gasteiger partial charge is 0.123 e. The minimum atomic E-state index is -0.187. The molecule has 0 unspecified atom stereocenters. The van der Waals surface area contributed by atoms with E-state index in [9.17, 15) is 4.39 Å². The van der Waals surface area contributed by atoms with Gasteiger partial charge in [-0.25, -0.2) is 4.39 Å². The largest absolute Gasteiger partial charge is 0.496 e. The summed E-state index contributed by atoms with van der Waals surface area (Å²) in [7, 11) is 3.65. The van der Waals surface area contributed by atoms with Crippen molar-refractivity contribution in [2.45, 2.75) is 44.1 Å². The number of ether oxygens (including phenoxy) is 1. The Labute approximate surface area is 109 Å². The number of likely N-dealkylation sites (N-methyl/N-ethyl adjacent to an activating group) is 1. The van der Waals surface area contributed by atoms with Crippen LogP contribution in [0, 0.1) is 5.82 Å². The molecule has 100 valence electrons. The van der Waals surface area contributed by atoms with Gasteiger partial charge >= 0.3 is 0 Å². The molecule has 0 bridgehead atoms. The summed E-state index contributed by atoms with van der Waals surface area (Å²) in [4.78, 5) is 0. The maximum absolute atomic E-state index is 13.4. The molecule has 0 aromatic heterocycles. The number of halogens is 1. The molecule has 1 fully saturated rings. The summed E-state index contributed by atoms with van der Waals surface area (Å²) >= 11 is 0. The van der Waals surface area contributed by atoms with E-state index in [0.29, 0.717) is 0 Å². The van der Waals surface area contributed by atoms with Crippen LogP contribution in [0.5, 0.6) is 5.75 Å². The monoisotopic (exact) mass is 251 g/mol. The van der Waals surface area contributed by atoms with Gasteiger partial charge in [-0.1, -0.05) is 19.3 Å². The van der Waals surface area contributed by atoms with Crippen molar-refractivity contribution < 1.29 is 9.13 Å². The number of benzene rings is 1. The lowest BCUT2D eigenvalue weighted by Gasteiger charge is -2.37. The molecule has 0 atom stereocenters. The van der Waals surface area contributed by atoms with Gasteiger partial charge in [0.1, 0.15) is 11.6 Å². The van der Waals surface area contributed by atoms with E-state index >= 15 is 0 Å². The van der Waals surface area contributed by atoms with Crippen molar-refractivity contribution in [3.8, 4) is 5.75 Å². The minimum Gasteiger partial charge on any atom is -0.496 e. The van der Waals surface area contributed by atoms with Gasteiger partial charge in [0.05, 0.1) is 7.11 Å². The summed E-state index contributed by atoms with van der Waals surface area (Å²) in [6, 6.07) is 4.78. The lowest BCUT2D eigenvalue weighted by Crippen LogP contribution is -2.46. The second kappa shape index (κ2) is 5.70.